The Morgan fingerprint density at radius 1 is 1.00 bits per heavy atom. The predicted molar refractivity (Wildman–Crippen MR) is 116 cm³/mol. The second-order valence-electron chi connectivity index (χ2n) is 7.43. The molecule has 0 fully saturated rings. The van der Waals surface area contributed by atoms with Crippen LogP contribution in [-0.4, -0.2) is 17.7 Å². The van der Waals surface area contributed by atoms with Gasteiger partial charge in [0.15, 0.2) is 0 Å². The summed E-state index contributed by atoms with van der Waals surface area (Å²) in [4.78, 5) is 15.1. The molecule has 4 rings (SSSR count). The molecule has 0 aliphatic carbocycles. The van der Waals surface area contributed by atoms with Crippen LogP contribution in [0, 0.1) is 19.7 Å². The Morgan fingerprint density at radius 3 is 2.45 bits per heavy atom. The zero-order valence-electron chi connectivity index (χ0n) is 17.1. The molecule has 8 heteroatoms. The highest BCUT2D eigenvalue weighted by molar-refractivity contribution is 7.89. The summed E-state index contributed by atoms with van der Waals surface area (Å²) in [6.45, 7) is 3.53. The normalized spacial score (nSPS) is 12.0. The fourth-order valence-electron chi connectivity index (χ4n) is 3.42. The third-order valence-corrected chi connectivity index (χ3v) is 7.07. The number of aromatic nitrogens is 1. The number of sulfonamides is 1. The molecule has 0 saturated carbocycles. The van der Waals surface area contributed by atoms with Gasteiger partial charge in [0.25, 0.3) is 5.56 Å². The molecular formula is C23H21FN2O4S. The van der Waals surface area contributed by atoms with E-state index in [1.165, 1.54) is 24.5 Å². The standard InChI is InChI=1S/C23H21FN2O4S/c1-15-10-17-12-18(23(27)25-21(17)11-16(15)2)13-26(14-19-6-5-9-30-19)31(28,29)22-8-4-3-7-20(22)24/h3-12H,13-14H2,1-2H3,(H,25,27). The molecule has 4 aromatic rings. The van der Waals surface area contributed by atoms with Crippen molar-refractivity contribution in [1.82, 2.24) is 9.29 Å². The number of nitrogens with zero attached hydrogens (tertiary/aromatic N) is 1. The van der Waals surface area contributed by atoms with E-state index in [1.807, 2.05) is 26.0 Å². The van der Waals surface area contributed by atoms with Gasteiger partial charge in [-0.25, -0.2) is 12.8 Å². The highest BCUT2D eigenvalue weighted by Crippen LogP contribution is 2.24. The summed E-state index contributed by atoms with van der Waals surface area (Å²) < 4.78 is 47.3. The highest BCUT2D eigenvalue weighted by atomic mass is 32.2. The number of aromatic amines is 1. The summed E-state index contributed by atoms with van der Waals surface area (Å²) in [7, 11) is -4.25. The summed E-state index contributed by atoms with van der Waals surface area (Å²) in [5.41, 5.74) is 2.62. The van der Waals surface area contributed by atoms with E-state index in [4.69, 9.17) is 4.42 Å². The van der Waals surface area contributed by atoms with Crippen molar-refractivity contribution >= 4 is 20.9 Å². The van der Waals surface area contributed by atoms with Crippen molar-refractivity contribution in [3.8, 4) is 0 Å². The number of furan rings is 1. The Kier molecular flexibility index (Phi) is 5.51. The first-order valence-electron chi connectivity index (χ1n) is 9.66. The molecule has 0 aliphatic rings. The van der Waals surface area contributed by atoms with Gasteiger partial charge in [-0.1, -0.05) is 12.1 Å². The van der Waals surface area contributed by atoms with Crippen LogP contribution >= 0.6 is 0 Å². The number of halogens is 1. The minimum atomic E-state index is -4.25. The molecular weight excluding hydrogens is 419 g/mol. The zero-order chi connectivity index (χ0) is 22.2. The maximum Gasteiger partial charge on any atom is 0.252 e. The first-order valence-corrected chi connectivity index (χ1v) is 11.1. The minimum absolute atomic E-state index is 0.145. The van der Waals surface area contributed by atoms with Gasteiger partial charge in [-0.05, 0) is 72.8 Å². The number of aryl methyl sites for hydroxylation is 2. The van der Waals surface area contributed by atoms with Crippen molar-refractivity contribution in [2.75, 3.05) is 0 Å². The fraction of sp³-hybridized carbons (Fsp3) is 0.174. The van der Waals surface area contributed by atoms with Crippen LogP contribution in [0.3, 0.4) is 0 Å². The van der Waals surface area contributed by atoms with Crippen molar-refractivity contribution in [2.45, 2.75) is 31.8 Å². The van der Waals surface area contributed by atoms with E-state index in [0.29, 0.717) is 11.3 Å². The predicted octanol–water partition coefficient (Wildman–Crippen LogP) is 4.27. The lowest BCUT2D eigenvalue weighted by Crippen LogP contribution is -2.33. The third-order valence-electron chi connectivity index (χ3n) is 5.25. The van der Waals surface area contributed by atoms with Crippen LogP contribution in [-0.2, 0) is 23.1 Å². The van der Waals surface area contributed by atoms with Crippen LogP contribution in [0.25, 0.3) is 10.9 Å². The lowest BCUT2D eigenvalue weighted by atomic mass is 10.0. The topological polar surface area (TPSA) is 83.4 Å². The van der Waals surface area contributed by atoms with Crippen LogP contribution in [0.2, 0.25) is 0 Å². The van der Waals surface area contributed by atoms with Crippen molar-refractivity contribution in [3.63, 3.8) is 0 Å². The number of H-pyrrole nitrogens is 1. The smallest absolute Gasteiger partial charge is 0.252 e. The molecule has 0 atom stereocenters. The lowest BCUT2D eigenvalue weighted by molar-refractivity contribution is 0.356. The lowest BCUT2D eigenvalue weighted by Gasteiger charge is -2.21. The summed E-state index contributed by atoms with van der Waals surface area (Å²) in [6.07, 6.45) is 1.43. The van der Waals surface area contributed by atoms with Crippen LogP contribution in [0.15, 0.2) is 75.0 Å². The summed E-state index contributed by atoms with van der Waals surface area (Å²) in [5, 5.41) is 0.791. The summed E-state index contributed by atoms with van der Waals surface area (Å²) >= 11 is 0. The monoisotopic (exact) mass is 440 g/mol. The van der Waals surface area contributed by atoms with Gasteiger partial charge >= 0.3 is 0 Å². The van der Waals surface area contributed by atoms with E-state index in [9.17, 15) is 17.6 Å². The van der Waals surface area contributed by atoms with Crippen molar-refractivity contribution < 1.29 is 17.2 Å². The van der Waals surface area contributed by atoms with Gasteiger partial charge < -0.3 is 9.40 Å². The second-order valence-corrected chi connectivity index (χ2v) is 9.34. The SMILES string of the molecule is Cc1cc2cc(CN(Cc3ccco3)S(=O)(=O)c3ccccc3F)c(=O)[nH]c2cc1C. The molecule has 0 aliphatic heterocycles. The van der Waals surface area contributed by atoms with Crippen molar-refractivity contribution in [3.05, 3.63) is 99.5 Å². The maximum absolute atomic E-state index is 14.3. The molecule has 2 aromatic heterocycles. The molecule has 1 N–H and O–H groups in total. The van der Waals surface area contributed by atoms with Gasteiger partial charge in [0, 0.05) is 17.6 Å². The molecule has 0 saturated heterocycles. The minimum Gasteiger partial charge on any atom is -0.468 e. The van der Waals surface area contributed by atoms with Crippen LogP contribution in [0.5, 0.6) is 0 Å². The Morgan fingerprint density at radius 2 is 1.74 bits per heavy atom. The average molecular weight is 440 g/mol. The van der Waals surface area contributed by atoms with E-state index in [-0.39, 0.29) is 18.7 Å². The first kappa shape index (κ1) is 21.0. The number of hydrogen-bond acceptors (Lipinski definition) is 4. The summed E-state index contributed by atoms with van der Waals surface area (Å²) in [5.74, 6) is -0.478. The van der Waals surface area contributed by atoms with E-state index < -0.39 is 26.3 Å². The molecule has 31 heavy (non-hydrogen) atoms. The van der Waals surface area contributed by atoms with Crippen molar-refractivity contribution in [2.24, 2.45) is 0 Å². The molecule has 2 aromatic carbocycles. The number of benzene rings is 2. The molecule has 0 spiro atoms. The number of rotatable bonds is 6. The Hall–Kier alpha value is -3.23. The van der Waals surface area contributed by atoms with Crippen LogP contribution < -0.4 is 5.56 Å². The maximum atomic E-state index is 14.3. The Balaban J connectivity index is 1.80. The molecule has 0 unspecified atom stereocenters. The Labute approximate surface area is 179 Å². The molecule has 2 heterocycles. The van der Waals surface area contributed by atoms with Gasteiger partial charge in [0.05, 0.1) is 12.8 Å². The van der Waals surface area contributed by atoms with Gasteiger partial charge in [-0.2, -0.15) is 4.31 Å². The van der Waals surface area contributed by atoms with Gasteiger partial charge in [0.2, 0.25) is 10.0 Å². The third kappa shape index (κ3) is 4.17. The highest BCUT2D eigenvalue weighted by Gasteiger charge is 2.29. The fourth-order valence-corrected chi connectivity index (χ4v) is 4.87. The molecule has 6 nitrogen and oxygen atoms in total. The zero-order valence-corrected chi connectivity index (χ0v) is 17.9. The van der Waals surface area contributed by atoms with E-state index in [0.717, 1.165) is 26.9 Å². The number of hydrogen-bond donors (Lipinski definition) is 1. The summed E-state index contributed by atoms with van der Waals surface area (Å²) in [6, 6.07) is 13.9. The average Bonchev–Trinajstić information content (AvgIpc) is 3.23. The van der Waals surface area contributed by atoms with Gasteiger partial charge in [-0.15, -0.1) is 0 Å². The van der Waals surface area contributed by atoms with Crippen molar-refractivity contribution in [1.29, 1.82) is 0 Å². The molecule has 160 valence electrons. The van der Waals surface area contributed by atoms with E-state index >= 15 is 0 Å². The first-order chi connectivity index (χ1) is 14.8. The van der Waals surface area contributed by atoms with Crippen LogP contribution in [0.4, 0.5) is 4.39 Å². The number of fused-ring (bicyclic) bond motifs is 1. The second kappa shape index (κ2) is 8.13. The quantitative estimate of drug-likeness (QED) is 0.485. The van der Waals surface area contributed by atoms with Gasteiger partial charge in [-0.3, -0.25) is 4.79 Å². The molecule has 0 bridgehead atoms. The number of pyridine rings is 1. The van der Waals surface area contributed by atoms with E-state index in [2.05, 4.69) is 4.98 Å². The molecule has 0 radical (unpaired) electrons. The largest absolute Gasteiger partial charge is 0.468 e. The van der Waals surface area contributed by atoms with Crippen LogP contribution in [0.1, 0.15) is 22.5 Å². The molecule has 0 amide bonds. The van der Waals surface area contributed by atoms with E-state index in [1.54, 1.807) is 18.2 Å². The van der Waals surface area contributed by atoms with Gasteiger partial charge in [0.1, 0.15) is 16.5 Å². The Bertz CT molecular complexity index is 1410. The number of nitrogens with one attached hydrogen (secondary N) is 1.